The number of aliphatic hydroxyl groups is 2. The minimum absolute atomic E-state index is 0.196. The van der Waals surface area contributed by atoms with Crippen LogP contribution in [0.4, 0.5) is 0 Å². The van der Waals surface area contributed by atoms with Crippen LogP contribution in [-0.2, 0) is 12.8 Å². The fourth-order valence-corrected chi connectivity index (χ4v) is 1.90. The van der Waals surface area contributed by atoms with Gasteiger partial charge in [-0.05, 0) is 36.0 Å². The maximum absolute atomic E-state index is 9.41. The van der Waals surface area contributed by atoms with E-state index < -0.39 is 6.10 Å². The first-order valence-electron chi connectivity index (χ1n) is 4.72. The van der Waals surface area contributed by atoms with Crippen molar-refractivity contribution < 1.29 is 10.2 Å². The molecule has 0 saturated heterocycles. The quantitative estimate of drug-likeness (QED) is 0.714. The SMILES string of the molecule is OCC(O)c1ccc2c(c1)CCC2. The Bertz CT molecular complexity index is 307. The Morgan fingerprint density at radius 2 is 2.00 bits per heavy atom. The third kappa shape index (κ3) is 1.60. The Kier molecular flexibility index (Phi) is 2.34. The fraction of sp³-hybridized carbons (Fsp3) is 0.455. The summed E-state index contributed by atoms with van der Waals surface area (Å²) in [5.41, 5.74) is 3.57. The number of benzene rings is 1. The van der Waals surface area contributed by atoms with Crippen molar-refractivity contribution in [3.63, 3.8) is 0 Å². The third-order valence-corrected chi connectivity index (χ3v) is 2.68. The molecule has 13 heavy (non-hydrogen) atoms. The highest BCUT2D eigenvalue weighted by molar-refractivity contribution is 5.36. The molecule has 0 aliphatic heterocycles. The molecule has 0 heterocycles. The molecule has 2 rings (SSSR count). The Labute approximate surface area is 77.8 Å². The van der Waals surface area contributed by atoms with Gasteiger partial charge in [0.05, 0.1) is 6.61 Å². The molecule has 70 valence electrons. The van der Waals surface area contributed by atoms with E-state index in [0.717, 1.165) is 18.4 Å². The van der Waals surface area contributed by atoms with E-state index in [2.05, 4.69) is 6.07 Å². The minimum Gasteiger partial charge on any atom is -0.393 e. The van der Waals surface area contributed by atoms with Crippen LogP contribution in [0.25, 0.3) is 0 Å². The zero-order valence-corrected chi connectivity index (χ0v) is 7.53. The average Bonchev–Trinajstić information content (AvgIpc) is 2.63. The number of hydrogen-bond acceptors (Lipinski definition) is 2. The molecule has 0 fully saturated rings. The summed E-state index contributed by atoms with van der Waals surface area (Å²) in [7, 11) is 0. The van der Waals surface area contributed by atoms with Crippen LogP contribution < -0.4 is 0 Å². The smallest absolute Gasteiger partial charge is 0.102 e. The van der Waals surface area contributed by atoms with Crippen molar-refractivity contribution >= 4 is 0 Å². The molecule has 0 spiro atoms. The summed E-state index contributed by atoms with van der Waals surface area (Å²) in [4.78, 5) is 0. The number of rotatable bonds is 2. The molecule has 0 saturated carbocycles. The number of fused-ring (bicyclic) bond motifs is 1. The Morgan fingerprint density at radius 3 is 2.77 bits per heavy atom. The molecule has 1 unspecified atom stereocenters. The first-order chi connectivity index (χ1) is 6.31. The predicted molar refractivity (Wildman–Crippen MR) is 50.5 cm³/mol. The summed E-state index contributed by atoms with van der Waals surface area (Å²) in [5.74, 6) is 0. The molecular formula is C11H14O2. The number of aliphatic hydroxyl groups excluding tert-OH is 2. The Morgan fingerprint density at radius 1 is 1.23 bits per heavy atom. The lowest BCUT2D eigenvalue weighted by Crippen LogP contribution is -2.02. The lowest BCUT2D eigenvalue weighted by Gasteiger charge is -2.09. The lowest BCUT2D eigenvalue weighted by atomic mass is 10.0. The highest BCUT2D eigenvalue weighted by Crippen LogP contribution is 2.25. The first kappa shape index (κ1) is 8.73. The summed E-state index contributed by atoms with van der Waals surface area (Å²) in [5, 5.41) is 18.2. The van der Waals surface area contributed by atoms with E-state index >= 15 is 0 Å². The number of hydrogen-bond donors (Lipinski definition) is 2. The molecule has 0 amide bonds. The molecule has 1 aromatic carbocycles. The van der Waals surface area contributed by atoms with Gasteiger partial charge in [0.2, 0.25) is 0 Å². The fourth-order valence-electron chi connectivity index (χ4n) is 1.90. The summed E-state index contributed by atoms with van der Waals surface area (Å²) in [6.07, 6.45) is 2.77. The van der Waals surface area contributed by atoms with Gasteiger partial charge < -0.3 is 10.2 Å². The van der Waals surface area contributed by atoms with Gasteiger partial charge in [0, 0.05) is 0 Å². The number of aryl methyl sites for hydroxylation is 2. The van der Waals surface area contributed by atoms with Crippen molar-refractivity contribution in [3.8, 4) is 0 Å². The normalized spacial score (nSPS) is 17.1. The average molecular weight is 178 g/mol. The largest absolute Gasteiger partial charge is 0.393 e. The molecule has 1 aliphatic carbocycles. The topological polar surface area (TPSA) is 40.5 Å². The van der Waals surface area contributed by atoms with E-state index in [9.17, 15) is 5.11 Å². The molecule has 0 aromatic heterocycles. The van der Waals surface area contributed by atoms with Gasteiger partial charge in [-0.1, -0.05) is 18.2 Å². The van der Waals surface area contributed by atoms with Gasteiger partial charge in [0.15, 0.2) is 0 Å². The van der Waals surface area contributed by atoms with Crippen LogP contribution in [-0.4, -0.2) is 16.8 Å². The van der Waals surface area contributed by atoms with E-state index in [0.29, 0.717) is 0 Å². The lowest BCUT2D eigenvalue weighted by molar-refractivity contribution is 0.0955. The molecule has 2 nitrogen and oxygen atoms in total. The van der Waals surface area contributed by atoms with Gasteiger partial charge in [-0.2, -0.15) is 0 Å². The van der Waals surface area contributed by atoms with E-state index in [1.54, 1.807) is 0 Å². The van der Waals surface area contributed by atoms with Crippen molar-refractivity contribution in [2.45, 2.75) is 25.4 Å². The molecule has 1 aliphatic rings. The monoisotopic (exact) mass is 178 g/mol. The highest BCUT2D eigenvalue weighted by atomic mass is 16.3. The van der Waals surface area contributed by atoms with Gasteiger partial charge in [-0.3, -0.25) is 0 Å². The highest BCUT2D eigenvalue weighted by Gasteiger charge is 2.13. The molecule has 2 N–H and O–H groups in total. The zero-order valence-electron chi connectivity index (χ0n) is 7.53. The van der Waals surface area contributed by atoms with Gasteiger partial charge in [-0.15, -0.1) is 0 Å². The van der Waals surface area contributed by atoms with Crippen molar-refractivity contribution in [2.24, 2.45) is 0 Å². The summed E-state index contributed by atoms with van der Waals surface area (Å²) in [6, 6.07) is 5.99. The standard InChI is InChI=1S/C11H14O2/c12-7-11(13)10-5-4-8-2-1-3-9(8)6-10/h4-6,11-13H,1-3,7H2. The van der Waals surface area contributed by atoms with Crippen molar-refractivity contribution in [3.05, 3.63) is 34.9 Å². The molecular weight excluding hydrogens is 164 g/mol. The predicted octanol–water partition coefficient (Wildman–Crippen LogP) is 1.20. The molecule has 1 atom stereocenters. The van der Waals surface area contributed by atoms with E-state index in [1.807, 2.05) is 12.1 Å². The van der Waals surface area contributed by atoms with Crippen LogP contribution in [0.15, 0.2) is 18.2 Å². The van der Waals surface area contributed by atoms with Crippen LogP contribution in [0.1, 0.15) is 29.2 Å². The third-order valence-electron chi connectivity index (χ3n) is 2.68. The van der Waals surface area contributed by atoms with Crippen molar-refractivity contribution in [1.82, 2.24) is 0 Å². The molecule has 2 heteroatoms. The molecule has 1 aromatic rings. The van der Waals surface area contributed by atoms with Crippen LogP contribution in [0.2, 0.25) is 0 Å². The molecule has 0 radical (unpaired) electrons. The van der Waals surface area contributed by atoms with Gasteiger partial charge in [-0.25, -0.2) is 0 Å². The Hall–Kier alpha value is -0.860. The minimum atomic E-state index is -0.717. The van der Waals surface area contributed by atoms with Crippen molar-refractivity contribution in [1.29, 1.82) is 0 Å². The summed E-state index contributed by atoms with van der Waals surface area (Å²) < 4.78 is 0. The van der Waals surface area contributed by atoms with E-state index in [1.165, 1.54) is 17.5 Å². The van der Waals surface area contributed by atoms with Crippen LogP contribution in [0.5, 0.6) is 0 Å². The second kappa shape index (κ2) is 3.48. The van der Waals surface area contributed by atoms with Crippen LogP contribution in [0.3, 0.4) is 0 Å². The van der Waals surface area contributed by atoms with Crippen LogP contribution >= 0.6 is 0 Å². The Balaban J connectivity index is 2.30. The summed E-state index contributed by atoms with van der Waals surface area (Å²) >= 11 is 0. The second-order valence-corrected chi connectivity index (χ2v) is 3.58. The van der Waals surface area contributed by atoms with Gasteiger partial charge >= 0.3 is 0 Å². The van der Waals surface area contributed by atoms with Crippen LogP contribution in [0, 0.1) is 0 Å². The maximum Gasteiger partial charge on any atom is 0.102 e. The van der Waals surface area contributed by atoms with E-state index in [4.69, 9.17) is 5.11 Å². The van der Waals surface area contributed by atoms with Gasteiger partial charge in [0.25, 0.3) is 0 Å². The second-order valence-electron chi connectivity index (χ2n) is 3.58. The van der Waals surface area contributed by atoms with Crippen molar-refractivity contribution in [2.75, 3.05) is 6.61 Å². The maximum atomic E-state index is 9.41. The van der Waals surface area contributed by atoms with Gasteiger partial charge in [0.1, 0.15) is 6.10 Å². The van der Waals surface area contributed by atoms with E-state index in [-0.39, 0.29) is 6.61 Å². The zero-order chi connectivity index (χ0) is 9.26. The first-order valence-corrected chi connectivity index (χ1v) is 4.72. The summed E-state index contributed by atoms with van der Waals surface area (Å²) in [6.45, 7) is -0.196. The molecule has 0 bridgehead atoms.